The maximum absolute atomic E-state index is 4.90. The quantitative estimate of drug-likeness (QED) is 0.775. The van der Waals surface area contributed by atoms with Crippen LogP contribution in [0.25, 0.3) is 0 Å². The van der Waals surface area contributed by atoms with E-state index in [1.54, 1.807) is 0 Å². The van der Waals surface area contributed by atoms with Gasteiger partial charge in [0.1, 0.15) is 0 Å². The molecule has 1 aromatic carbocycles. The lowest BCUT2D eigenvalue weighted by molar-refractivity contribution is 0.375. The molecule has 0 spiro atoms. The van der Waals surface area contributed by atoms with Gasteiger partial charge in [0.2, 0.25) is 5.89 Å². The second kappa shape index (κ2) is 5.42. The van der Waals surface area contributed by atoms with E-state index in [1.807, 2.05) is 0 Å². The Bertz CT molecular complexity index is 426. The molecule has 16 heavy (non-hydrogen) atoms. The fourth-order valence-electron chi connectivity index (χ4n) is 1.56. The zero-order valence-corrected chi connectivity index (χ0v) is 9.31. The van der Waals surface area contributed by atoms with Crippen LogP contribution in [-0.4, -0.2) is 16.7 Å². The predicted molar refractivity (Wildman–Crippen MR) is 60.9 cm³/mol. The summed E-state index contributed by atoms with van der Waals surface area (Å²) in [5.41, 5.74) is 2.58. The van der Waals surface area contributed by atoms with Gasteiger partial charge in [0, 0.05) is 19.5 Å². The van der Waals surface area contributed by atoms with Gasteiger partial charge in [-0.15, -0.1) is 0 Å². The van der Waals surface area contributed by atoms with E-state index in [0.29, 0.717) is 5.89 Å². The largest absolute Gasteiger partial charge is 0.340 e. The number of aryl methyl sites for hydroxylation is 1. The molecule has 0 aliphatic rings. The number of aromatic nitrogens is 2. The lowest BCUT2D eigenvalue weighted by atomic mass is 10.1. The van der Waals surface area contributed by atoms with Gasteiger partial charge in [0.15, 0.2) is 6.33 Å². The topological polar surface area (TPSA) is 51.0 Å². The van der Waals surface area contributed by atoms with Crippen LogP contribution in [0.2, 0.25) is 0 Å². The molecular formula is C12H15N3O. The van der Waals surface area contributed by atoms with Gasteiger partial charge in [-0.1, -0.05) is 35.0 Å². The molecule has 84 valence electrons. The molecular weight excluding hydrogens is 202 g/mol. The Morgan fingerprint density at radius 3 is 3.06 bits per heavy atom. The number of nitrogens with one attached hydrogen (secondary N) is 1. The third-order valence-electron chi connectivity index (χ3n) is 2.33. The van der Waals surface area contributed by atoms with E-state index in [0.717, 1.165) is 19.5 Å². The summed E-state index contributed by atoms with van der Waals surface area (Å²) in [5.74, 6) is 0.678. The minimum atomic E-state index is 0.678. The first-order chi connectivity index (χ1) is 7.84. The highest BCUT2D eigenvalue weighted by Crippen LogP contribution is 2.03. The highest BCUT2D eigenvalue weighted by Gasteiger charge is 1.98. The van der Waals surface area contributed by atoms with Crippen LogP contribution in [0.4, 0.5) is 0 Å². The molecule has 1 heterocycles. The molecule has 0 amide bonds. The molecule has 1 N–H and O–H groups in total. The Morgan fingerprint density at radius 2 is 2.31 bits per heavy atom. The lowest BCUT2D eigenvalue weighted by Crippen LogP contribution is -2.16. The summed E-state index contributed by atoms with van der Waals surface area (Å²) in [5, 5.41) is 6.90. The summed E-state index contributed by atoms with van der Waals surface area (Å²) in [6, 6.07) is 8.47. The molecule has 0 aliphatic carbocycles. The number of hydrogen-bond donors (Lipinski definition) is 1. The first-order valence-corrected chi connectivity index (χ1v) is 5.36. The Balaban J connectivity index is 1.72. The Labute approximate surface area is 94.7 Å². The van der Waals surface area contributed by atoms with Crippen molar-refractivity contribution in [2.45, 2.75) is 19.9 Å². The SMILES string of the molecule is Cc1cccc(CNCCc2ncno2)c1. The van der Waals surface area contributed by atoms with Gasteiger partial charge in [0.25, 0.3) is 0 Å². The van der Waals surface area contributed by atoms with E-state index in [1.165, 1.54) is 17.5 Å². The second-order valence-corrected chi connectivity index (χ2v) is 3.75. The average molecular weight is 217 g/mol. The van der Waals surface area contributed by atoms with Crippen molar-refractivity contribution in [2.75, 3.05) is 6.54 Å². The molecule has 4 nitrogen and oxygen atoms in total. The van der Waals surface area contributed by atoms with Crippen LogP contribution in [0.5, 0.6) is 0 Å². The van der Waals surface area contributed by atoms with Crippen LogP contribution in [-0.2, 0) is 13.0 Å². The van der Waals surface area contributed by atoms with E-state index in [9.17, 15) is 0 Å². The van der Waals surface area contributed by atoms with E-state index in [2.05, 4.69) is 46.6 Å². The van der Waals surface area contributed by atoms with Crippen LogP contribution < -0.4 is 5.32 Å². The summed E-state index contributed by atoms with van der Waals surface area (Å²) in [7, 11) is 0. The predicted octanol–water partition coefficient (Wildman–Crippen LogP) is 1.71. The average Bonchev–Trinajstić information content (AvgIpc) is 2.77. The van der Waals surface area contributed by atoms with Crippen molar-refractivity contribution < 1.29 is 4.52 Å². The minimum Gasteiger partial charge on any atom is -0.340 e. The maximum Gasteiger partial charge on any atom is 0.227 e. The van der Waals surface area contributed by atoms with Crippen molar-refractivity contribution in [1.29, 1.82) is 0 Å². The summed E-state index contributed by atoms with van der Waals surface area (Å²) in [6.07, 6.45) is 2.20. The first kappa shape index (κ1) is 10.8. The molecule has 0 atom stereocenters. The van der Waals surface area contributed by atoms with Crippen molar-refractivity contribution in [1.82, 2.24) is 15.5 Å². The standard InChI is InChI=1S/C12H15N3O/c1-10-3-2-4-11(7-10)8-13-6-5-12-14-9-15-16-12/h2-4,7,9,13H,5-6,8H2,1H3. The monoisotopic (exact) mass is 217 g/mol. The van der Waals surface area contributed by atoms with Gasteiger partial charge in [-0.2, -0.15) is 4.98 Å². The molecule has 4 heteroatoms. The number of rotatable bonds is 5. The zero-order valence-electron chi connectivity index (χ0n) is 9.31. The number of nitrogens with zero attached hydrogens (tertiary/aromatic N) is 2. The van der Waals surface area contributed by atoms with Crippen LogP contribution in [0.1, 0.15) is 17.0 Å². The third kappa shape index (κ3) is 3.17. The van der Waals surface area contributed by atoms with Gasteiger partial charge >= 0.3 is 0 Å². The Hall–Kier alpha value is -1.68. The fraction of sp³-hybridized carbons (Fsp3) is 0.333. The van der Waals surface area contributed by atoms with Crippen molar-refractivity contribution in [2.24, 2.45) is 0 Å². The van der Waals surface area contributed by atoms with Gasteiger partial charge < -0.3 is 9.84 Å². The lowest BCUT2D eigenvalue weighted by Gasteiger charge is -2.03. The smallest absolute Gasteiger partial charge is 0.227 e. The molecule has 2 aromatic rings. The van der Waals surface area contributed by atoms with Crippen LogP contribution in [0.15, 0.2) is 35.1 Å². The number of hydrogen-bond acceptors (Lipinski definition) is 4. The Kier molecular flexibility index (Phi) is 3.66. The van der Waals surface area contributed by atoms with Crippen LogP contribution in [0.3, 0.4) is 0 Å². The van der Waals surface area contributed by atoms with E-state index in [4.69, 9.17) is 4.52 Å². The third-order valence-corrected chi connectivity index (χ3v) is 2.33. The molecule has 0 fully saturated rings. The molecule has 0 unspecified atom stereocenters. The van der Waals surface area contributed by atoms with E-state index in [-0.39, 0.29) is 0 Å². The first-order valence-electron chi connectivity index (χ1n) is 5.36. The molecule has 0 saturated carbocycles. The highest BCUT2D eigenvalue weighted by atomic mass is 16.5. The summed E-state index contributed by atoms with van der Waals surface area (Å²) in [6.45, 7) is 3.81. The minimum absolute atomic E-state index is 0.678. The highest BCUT2D eigenvalue weighted by molar-refractivity contribution is 5.21. The van der Waals surface area contributed by atoms with Crippen molar-refractivity contribution in [3.8, 4) is 0 Å². The normalized spacial score (nSPS) is 10.6. The summed E-state index contributed by atoms with van der Waals surface area (Å²) >= 11 is 0. The van der Waals surface area contributed by atoms with Gasteiger partial charge in [0.05, 0.1) is 0 Å². The van der Waals surface area contributed by atoms with Crippen molar-refractivity contribution >= 4 is 0 Å². The van der Waals surface area contributed by atoms with Gasteiger partial charge in [-0.25, -0.2) is 0 Å². The summed E-state index contributed by atoms with van der Waals surface area (Å²) in [4.78, 5) is 3.96. The van der Waals surface area contributed by atoms with E-state index >= 15 is 0 Å². The van der Waals surface area contributed by atoms with Crippen LogP contribution >= 0.6 is 0 Å². The maximum atomic E-state index is 4.90. The fourth-order valence-corrected chi connectivity index (χ4v) is 1.56. The van der Waals surface area contributed by atoms with Crippen molar-refractivity contribution in [3.05, 3.63) is 47.6 Å². The van der Waals surface area contributed by atoms with Gasteiger partial charge in [-0.05, 0) is 12.5 Å². The molecule has 0 aliphatic heterocycles. The molecule has 1 aromatic heterocycles. The Morgan fingerprint density at radius 1 is 1.38 bits per heavy atom. The van der Waals surface area contributed by atoms with Crippen LogP contribution in [0, 0.1) is 6.92 Å². The molecule has 0 saturated heterocycles. The molecule has 0 bridgehead atoms. The second-order valence-electron chi connectivity index (χ2n) is 3.75. The number of benzene rings is 1. The van der Waals surface area contributed by atoms with E-state index < -0.39 is 0 Å². The molecule has 2 rings (SSSR count). The van der Waals surface area contributed by atoms with Crippen molar-refractivity contribution in [3.63, 3.8) is 0 Å². The zero-order chi connectivity index (χ0) is 11.2. The molecule has 0 radical (unpaired) electrons. The van der Waals surface area contributed by atoms with Gasteiger partial charge in [-0.3, -0.25) is 0 Å². The summed E-state index contributed by atoms with van der Waals surface area (Å²) < 4.78 is 4.90.